The third-order valence-electron chi connectivity index (χ3n) is 3.47. The highest BCUT2D eigenvalue weighted by molar-refractivity contribution is 7.97. The average Bonchev–Trinajstić information content (AvgIpc) is 2.70. The Bertz CT molecular complexity index is 713. The fourth-order valence-electron chi connectivity index (χ4n) is 2.22. The van der Waals surface area contributed by atoms with E-state index in [4.69, 9.17) is 0 Å². The maximum atomic E-state index is 11.2. The molecule has 3 rings (SSSR count). The number of hydrogen-bond acceptors (Lipinski definition) is 0. The SMILES string of the molecule is FC(F)C(F)C(F)(F)F.c1ccc([S+](c2ccccc2)c2ccccc2)cc1. The monoisotopic (exact) mass is 415 g/mol. The molecule has 0 bridgehead atoms. The number of halogens is 6. The van der Waals surface area contributed by atoms with Crippen LogP contribution in [0.1, 0.15) is 0 Å². The summed E-state index contributed by atoms with van der Waals surface area (Å²) in [6.07, 6.45) is -13.4. The Hall–Kier alpha value is -2.41. The molecule has 0 aliphatic heterocycles. The molecule has 3 aromatic rings. The lowest BCUT2D eigenvalue weighted by Gasteiger charge is -2.09. The van der Waals surface area contributed by atoms with Crippen LogP contribution in [0.2, 0.25) is 0 Å². The van der Waals surface area contributed by atoms with E-state index in [1.807, 2.05) is 0 Å². The third-order valence-corrected chi connectivity index (χ3v) is 5.70. The van der Waals surface area contributed by atoms with Crippen LogP contribution in [-0.2, 0) is 10.9 Å². The quantitative estimate of drug-likeness (QED) is 0.320. The molecule has 0 aliphatic rings. The Labute approximate surface area is 162 Å². The number of hydrogen-bond donors (Lipinski definition) is 0. The summed E-state index contributed by atoms with van der Waals surface area (Å²) in [6.45, 7) is 0. The molecule has 0 N–H and O–H groups in total. The number of benzene rings is 3. The highest BCUT2D eigenvalue weighted by Crippen LogP contribution is 2.30. The Kier molecular flexibility index (Phi) is 7.99. The van der Waals surface area contributed by atoms with Crippen LogP contribution >= 0.6 is 0 Å². The molecule has 0 nitrogen and oxygen atoms in total. The molecular weight excluding hydrogens is 398 g/mol. The zero-order valence-electron chi connectivity index (χ0n) is 14.5. The van der Waals surface area contributed by atoms with Crippen molar-refractivity contribution < 1.29 is 26.3 Å². The average molecular weight is 415 g/mol. The van der Waals surface area contributed by atoms with Gasteiger partial charge >= 0.3 is 6.18 Å². The van der Waals surface area contributed by atoms with Gasteiger partial charge in [-0.2, -0.15) is 13.2 Å². The first-order valence-corrected chi connectivity index (χ1v) is 9.41. The van der Waals surface area contributed by atoms with E-state index in [1.165, 1.54) is 14.7 Å². The van der Waals surface area contributed by atoms with Gasteiger partial charge in [0.15, 0.2) is 14.7 Å². The smallest absolute Gasteiger partial charge is 0.231 e. The summed E-state index contributed by atoms with van der Waals surface area (Å²) in [4.78, 5) is 4.08. The molecule has 1 atom stereocenters. The van der Waals surface area contributed by atoms with Crippen molar-refractivity contribution in [1.29, 1.82) is 0 Å². The molecule has 0 aliphatic carbocycles. The van der Waals surface area contributed by atoms with Gasteiger partial charge < -0.3 is 0 Å². The molecule has 28 heavy (non-hydrogen) atoms. The van der Waals surface area contributed by atoms with Gasteiger partial charge in [0.25, 0.3) is 12.6 Å². The van der Waals surface area contributed by atoms with Crippen molar-refractivity contribution in [2.24, 2.45) is 0 Å². The largest absolute Gasteiger partial charge is 0.425 e. The van der Waals surface area contributed by atoms with Gasteiger partial charge in [0, 0.05) is 0 Å². The topological polar surface area (TPSA) is 0 Å². The van der Waals surface area contributed by atoms with Gasteiger partial charge in [-0.1, -0.05) is 54.6 Å². The predicted molar refractivity (Wildman–Crippen MR) is 98.4 cm³/mol. The van der Waals surface area contributed by atoms with E-state index in [1.54, 1.807) is 0 Å². The minimum Gasteiger partial charge on any atom is -0.231 e. The van der Waals surface area contributed by atoms with Crippen LogP contribution in [0.5, 0.6) is 0 Å². The summed E-state index contributed by atoms with van der Waals surface area (Å²) < 4.78 is 65.4. The van der Waals surface area contributed by atoms with E-state index >= 15 is 0 Å². The molecule has 0 saturated carbocycles. The van der Waals surface area contributed by atoms with E-state index in [-0.39, 0.29) is 10.9 Å². The number of rotatable bonds is 4. The van der Waals surface area contributed by atoms with Crippen molar-refractivity contribution in [3.8, 4) is 0 Å². The molecule has 0 saturated heterocycles. The zero-order chi connectivity index (χ0) is 20.6. The third kappa shape index (κ3) is 6.34. The van der Waals surface area contributed by atoms with Gasteiger partial charge in [-0.3, -0.25) is 0 Å². The van der Waals surface area contributed by atoms with Gasteiger partial charge in [0.1, 0.15) is 0 Å². The van der Waals surface area contributed by atoms with Gasteiger partial charge in [-0.15, -0.1) is 0 Å². The lowest BCUT2D eigenvalue weighted by Crippen LogP contribution is -2.30. The lowest BCUT2D eigenvalue weighted by molar-refractivity contribution is -0.211. The van der Waals surface area contributed by atoms with Crippen LogP contribution < -0.4 is 0 Å². The van der Waals surface area contributed by atoms with Crippen molar-refractivity contribution in [3.63, 3.8) is 0 Å². The van der Waals surface area contributed by atoms with Crippen LogP contribution in [0, 0.1) is 0 Å². The highest BCUT2D eigenvalue weighted by atomic mass is 32.2. The van der Waals surface area contributed by atoms with Crippen LogP contribution in [-0.4, -0.2) is 18.8 Å². The molecule has 0 fully saturated rings. The summed E-state index contributed by atoms with van der Waals surface area (Å²) in [7, 11) is -0.0146. The number of alkyl halides is 6. The molecule has 148 valence electrons. The Morgan fingerprint density at radius 2 is 0.821 bits per heavy atom. The van der Waals surface area contributed by atoms with E-state index in [9.17, 15) is 26.3 Å². The molecule has 0 amide bonds. The van der Waals surface area contributed by atoms with Crippen molar-refractivity contribution >= 4 is 10.9 Å². The lowest BCUT2D eigenvalue weighted by atomic mass is 10.4. The molecular formula is C21H17F6S+. The first kappa shape index (κ1) is 21.9. The normalized spacial score (nSPS) is 12.4. The van der Waals surface area contributed by atoms with E-state index in [0.717, 1.165) is 0 Å². The van der Waals surface area contributed by atoms with E-state index in [0.29, 0.717) is 0 Å². The van der Waals surface area contributed by atoms with E-state index < -0.39 is 18.8 Å². The molecule has 7 heteroatoms. The van der Waals surface area contributed by atoms with Crippen molar-refractivity contribution in [1.82, 2.24) is 0 Å². The standard InChI is InChI=1S/C18H15S.C3H2F6/c1-4-10-16(11-5-1)19(17-12-6-2-7-13-17)18-14-8-3-9-15-18;4-1(2(5)6)3(7,8)9/h1-15H;1-2H/q+1;. The Morgan fingerprint density at radius 1 is 0.536 bits per heavy atom. The second-order valence-corrected chi connectivity index (χ2v) is 7.55. The highest BCUT2D eigenvalue weighted by Gasteiger charge is 2.46. The molecule has 0 radical (unpaired) electrons. The molecule has 0 heterocycles. The van der Waals surface area contributed by atoms with Gasteiger partial charge in [-0.05, 0) is 36.4 Å². The Balaban J connectivity index is 0.000000266. The van der Waals surface area contributed by atoms with Crippen LogP contribution in [0.25, 0.3) is 0 Å². The molecule has 3 aromatic carbocycles. The summed E-state index contributed by atoms with van der Waals surface area (Å²) in [5.41, 5.74) is 0. The first-order chi connectivity index (χ1) is 13.3. The van der Waals surface area contributed by atoms with Crippen molar-refractivity contribution in [2.75, 3.05) is 0 Å². The fourth-order valence-corrected chi connectivity index (χ4v) is 4.33. The van der Waals surface area contributed by atoms with Crippen molar-refractivity contribution in [3.05, 3.63) is 91.0 Å². The predicted octanol–water partition coefficient (Wildman–Crippen LogP) is 6.93. The zero-order valence-corrected chi connectivity index (χ0v) is 15.3. The fraction of sp³-hybridized carbons (Fsp3) is 0.143. The summed E-state index contributed by atoms with van der Waals surface area (Å²) in [5.74, 6) is 0. The summed E-state index contributed by atoms with van der Waals surface area (Å²) in [5, 5.41) is 0. The van der Waals surface area contributed by atoms with Gasteiger partial charge in [0.05, 0.1) is 10.9 Å². The van der Waals surface area contributed by atoms with Gasteiger partial charge in [-0.25, -0.2) is 13.2 Å². The molecule has 0 spiro atoms. The first-order valence-electron chi connectivity index (χ1n) is 8.19. The molecule has 0 aromatic heterocycles. The Morgan fingerprint density at radius 3 is 1.00 bits per heavy atom. The second-order valence-electron chi connectivity index (χ2n) is 5.52. The summed E-state index contributed by atoms with van der Waals surface area (Å²) >= 11 is 0. The van der Waals surface area contributed by atoms with E-state index in [2.05, 4.69) is 91.0 Å². The summed E-state index contributed by atoms with van der Waals surface area (Å²) in [6, 6.07) is 32.2. The maximum absolute atomic E-state index is 11.2. The maximum Gasteiger partial charge on any atom is 0.425 e. The van der Waals surface area contributed by atoms with Crippen LogP contribution in [0.4, 0.5) is 26.3 Å². The molecule has 1 unspecified atom stereocenters. The second kappa shape index (κ2) is 10.2. The van der Waals surface area contributed by atoms with Crippen molar-refractivity contribution in [2.45, 2.75) is 33.5 Å². The van der Waals surface area contributed by atoms with Crippen LogP contribution in [0.15, 0.2) is 106 Å². The minimum absolute atomic E-state index is 0.0146. The van der Waals surface area contributed by atoms with Gasteiger partial charge in [0.2, 0.25) is 0 Å². The van der Waals surface area contributed by atoms with Crippen LogP contribution in [0.3, 0.4) is 0 Å². The minimum atomic E-state index is -5.44.